The summed E-state index contributed by atoms with van der Waals surface area (Å²) in [6, 6.07) is 8.47. The molecule has 1 aromatic carbocycles. The average molecular weight is 265 g/mol. The van der Waals surface area contributed by atoms with Gasteiger partial charge in [0.15, 0.2) is 0 Å². The molecule has 0 fully saturated rings. The van der Waals surface area contributed by atoms with Gasteiger partial charge in [-0.15, -0.1) is 11.6 Å². The second-order valence-electron chi connectivity index (χ2n) is 4.79. The minimum absolute atomic E-state index is 0.542. The molecule has 2 rings (SSSR count). The third-order valence-corrected chi connectivity index (χ3v) is 3.87. The molecule has 0 amide bonds. The average Bonchev–Trinajstić information content (AvgIpc) is 2.76. The monoisotopic (exact) mass is 264 g/mol. The van der Waals surface area contributed by atoms with E-state index in [-0.39, 0.29) is 0 Å². The molecule has 3 heteroatoms. The van der Waals surface area contributed by atoms with Gasteiger partial charge in [-0.1, -0.05) is 31.5 Å². The van der Waals surface area contributed by atoms with E-state index in [0.29, 0.717) is 5.92 Å². The lowest BCUT2D eigenvalue weighted by Crippen LogP contribution is -2.07. The summed E-state index contributed by atoms with van der Waals surface area (Å²) in [4.78, 5) is 0. The van der Waals surface area contributed by atoms with Crippen LogP contribution in [0.25, 0.3) is 10.9 Å². The zero-order chi connectivity index (χ0) is 13.0. The number of para-hydroxylation sites is 1. The van der Waals surface area contributed by atoms with Crippen LogP contribution < -0.4 is 0 Å². The maximum absolute atomic E-state index is 6.05. The molecule has 1 unspecified atom stereocenters. The minimum atomic E-state index is 0.542. The van der Waals surface area contributed by atoms with Crippen molar-refractivity contribution in [2.45, 2.75) is 39.7 Å². The number of alkyl halides is 1. The summed E-state index contributed by atoms with van der Waals surface area (Å²) in [5, 5.41) is 6.02. The number of aromatic nitrogens is 2. The highest BCUT2D eigenvalue weighted by atomic mass is 35.5. The summed E-state index contributed by atoms with van der Waals surface area (Å²) in [7, 11) is 0. The molecule has 18 heavy (non-hydrogen) atoms. The van der Waals surface area contributed by atoms with E-state index in [4.69, 9.17) is 16.7 Å². The molecule has 0 spiro atoms. The Kier molecular flexibility index (Phi) is 4.65. The van der Waals surface area contributed by atoms with Crippen molar-refractivity contribution in [2.24, 2.45) is 5.92 Å². The second-order valence-corrected chi connectivity index (χ2v) is 5.10. The van der Waals surface area contributed by atoms with Crippen LogP contribution in [0.1, 0.15) is 32.4 Å². The quantitative estimate of drug-likeness (QED) is 0.713. The molecule has 0 radical (unpaired) electrons. The fourth-order valence-electron chi connectivity index (χ4n) is 2.50. The maximum Gasteiger partial charge on any atom is 0.0706 e. The summed E-state index contributed by atoms with van der Waals surface area (Å²) in [6.45, 7) is 5.26. The second kappa shape index (κ2) is 6.24. The number of hydrogen-bond donors (Lipinski definition) is 0. The molecule has 2 nitrogen and oxygen atoms in total. The van der Waals surface area contributed by atoms with Crippen molar-refractivity contribution in [2.75, 3.05) is 5.88 Å². The van der Waals surface area contributed by atoms with Gasteiger partial charge in [0.05, 0.1) is 11.2 Å². The van der Waals surface area contributed by atoms with Crippen molar-refractivity contribution >= 4 is 22.5 Å². The molecule has 0 bridgehead atoms. The van der Waals surface area contributed by atoms with Crippen LogP contribution in [0.5, 0.6) is 0 Å². The summed E-state index contributed by atoms with van der Waals surface area (Å²) in [6.07, 6.45) is 3.35. The lowest BCUT2D eigenvalue weighted by Gasteiger charge is -2.10. The van der Waals surface area contributed by atoms with E-state index in [1.807, 2.05) is 0 Å². The zero-order valence-corrected chi connectivity index (χ0v) is 12.0. The summed E-state index contributed by atoms with van der Waals surface area (Å²) < 4.78 is 2.09. The Morgan fingerprint density at radius 3 is 2.72 bits per heavy atom. The van der Waals surface area contributed by atoms with Crippen molar-refractivity contribution in [1.29, 1.82) is 0 Å². The van der Waals surface area contributed by atoms with Gasteiger partial charge in [-0.05, 0) is 31.7 Å². The Morgan fingerprint density at radius 1 is 1.28 bits per heavy atom. The molecule has 0 aliphatic rings. The Labute approximate surface area is 114 Å². The molecule has 0 saturated heterocycles. The molecule has 1 heterocycles. The summed E-state index contributed by atoms with van der Waals surface area (Å²) >= 11 is 6.05. The first-order chi connectivity index (χ1) is 8.80. The molecular formula is C15H21ClN2. The highest BCUT2D eigenvalue weighted by molar-refractivity contribution is 6.18. The predicted molar refractivity (Wildman–Crippen MR) is 78.2 cm³/mol. The first-order valence-electron chi connectivity index (χ1n) is 6.80. The first-order valence-corrected chi connectivity index (χ1v) is 7.34. The fourth-order valence-corrected chi connectivity index (χ4v) is 2.77. The van der Waals surface area contributed by atoms with E-state index in [9.17, 15) is 0 Å². The largest absolute Gasteiger partial charge is 0.265 e. The van der Waals surface area contributed by atoms with Crippen LogP contribution in [0.4, 0.5) is 0 Å². The molecular weight excluding hydrogens is 244 g/mol. The highest BCUT2D eigenvalue weighted by Crippen LogP contribution is 2.23. The Balaban J connectivity index is 2.32. The van der Waals surface area contributed by atoms with Gasteiger partial charge >= 0.3 is 0 Å². The van der Waals surface area contributed by atoms with E-state index in [2.05, 4.69) is 42.8 Å². The van der Waals surface area contributed by atoms with Crippen molar-refractivity contribution in [3.8, 4) is 0 Å². The van der Waals surface area contributed by atoms with Crippen LogP contribution in [0.3, 0.4) is 0 Å². The first kappa shape index (κ1) is 13.4. The van der Waals surface area contributed by atoms with E-state index in [0.717, 1.165) is 18.8 Å². The molecule has 98 valence electrons. The maximum atomic E-state index is 6.05. The summed E-state index contributed by atoms with van der Waals surface area (Å²) in [5.74, 6) is 1.27. The SMILES string of the molecule is CCCC(CCl)Cc1nn(CC)c2ccccc12. The van der Waals surface area contributed by atoms with Gasteiger partial charge in [0.1, 0.15) is 0 Å². The Bertz CT molecular complexity index is 504. The number of benzene rings is 1. The highest BCUT2D eigenvalue weighted by Gasteiger charge is 2.14. The van der Waals surface area contributed by atoms with E-state index < -0.39 is 0 Å². The lowest BCUT2D eigenvalue weighted by atomic mass is 9.98. The van der Waals surface area contributed by atoms with Gasteiger partial charge in [0.2, 0.25) is 0 Å². The number of fused-ring (bicyclic) bond motifs is 1. The van der Waals surface area contributed by atoms with Crippen molar-refractivity contribution in [3.63, 3.8) is 0 Å². The summed E-state index contributed by atoms with van der Waals surface area (Å²) in [5.41, 5.74) is 2.44. The van der Waals surface area contributed by atoms with Gasteiger partial charge < -0.3 is 0 Å². The van der Waals surface area contributed by atoms with Gasteiger partial charge in [0, 0.05) is 17.8 Å². The molecule has 2 aromatic rings. The van der Waals surface area contributed by atoms with E-state index in [1.165, 1.54) is 29.4 Å². The fraction of sp³-hybridized carbons (Fsp3) is 0.533. The smallest absolute Gasteiger partial charge is 0.0706 e. The lowest BCUT2D eigenvalue weighted by molar-refractivity contribution is 0.517. The van der Waals surface area contributed by atoms with Crippen molar-refractivity contribution < 1.29 is 0 Å². The van der Waals surface area contributed by atoms with Gasteiger partial charge in [-0.3, -0.25) is 4.68 Å². The molecule has 0 saturated carbocycles. The third-order valence-electron chi connectivity index (χ3n) is 3.43. The zero-order valence-electron chi connectivity index (χ0n) is 11.2. The van der Waals surface area contributed by atoms with Crippen LogP contribution in [-0.4, -0.2) is 15.7 Å². The molecule has 1 atom stereocenters. The molecule has 0 aliphatic heterocycles. The van der Waals surface area contributed by atoms with Crippen LogP contribution in [-0.2, 0) is 13.0 Å². The topological polar surface area (TPSA) is 17.8 Å². The van der Waals surface area contributed by atoms with Gasteiger partial charge in [0.25, 0.3) is 0 Å². The Hall–Kier alpha value is -1.02. The number of halogens is 1. The van der Waals surface area contributed by atoms with Crippen molar-refractivity contribution in [1.82, 2.24) is 9.78 Å². The number of aryl methyl sites for hydroxylation is 1. The van der Waals surface area contributed by atoms with Crippen LogP contribution in [0, 0.1) is 5.92 Å². The standard InChI is InChI=1S/C15H21ClN2/c1-3-7-12(11-16)10-14-13-8-5-6-9-15(13)18(4-2)17-14/h5-6,8-9,12H,3-4,7,10-11H2,1-2H3. The molecule has 0 N–H and O–H groups in total. The van der Waals surface area contributed by atoms with Crippen LogP contribution >= 0.6 is 11.6 Å². The third kappa shape index (κ3) is 2.69. The van der Waals surface area contributed by atoms with E-state index in [1.54, 1.807) is 0 Å². The Morgan fingerprint density at radius 2 is 2.06 bits per heavy atom. The predicted octanol–water partition coefficient (Wildman–Crippen LogP) is 4.25. The molecule has 1 aromatic heterocycles. The number of nitrogens with zero attached hydrogens (tertiary/aromatic N) is 2. The number of hydrogen-bond acceptors (Lipinski definition) is 1. The van der Waals surface area contributed by atoms with Crippen LogP contribution in [0.2, 0.25) is 0 Å². The van der Waals surface area contributed by atoms with Crippen molar-refractivity contribution in [3.05, 3.63) is 30.0 Å². The van der Waals surface area contributed by atoms with Gasteiger partial charge in [-0.25, -0.2) is 0 Å². The van der Waals surface area contributed by atoms with Crippen LogP contribution in [0.15, 0.2) is 24.3 Å². The molecule has 0 aliphatic carbocycles. The minimum Gasteiger partial charge on any atom is -0.265 e. The number of rotatable bonds is 6. The van der Waals surface area contributed by atoms with E-state index >= 15 is 0 Å². The normalized spacial score (nSPS) is 13.1. The van der Waals surface area contributed by atoms with Gasteiger partial charge in [-0.2, -0.15) is 5.10 Å².